The maximum atomic E-state index is 12.5. The van der Waals surface area contributed by atoms with E-state index in [4.69, 9.17) is 5.73 Å². The molecular formula is C17H18N4O3. The Bertz CT molecular complexity index is 770. The van der Waals surface area contributed by atoms with Gasteiger partial charge < -0.3 is 20.6 Å². The average molecular weight is 326 g/mol. The van der Waals surface area contributed by atoms with Crippen molar-refractivity contribution < 1.29 is 14.7 Å². The molecule has 7 heteroatoms. The average Bonchev–Trinajstić information content (AvgIpc) is 2.61. The van der Waals surface area contributed by atoms with Crippen molar-refractivity contribution in [2.24, 2.45) is 5.73 Å². The number of primary amides is 1. The molecule has 1 aromatic carbocycles. The largest absolute Gasteiger partial charge is 0.508 e. The van der Waals surface area contributed by atoms with E-state index in [1.165, 1.54) is 18.3 Å². The summed E-state index contributed by atoms with van der Waals surface area (Å²) in [5.74, 6) is -0.561. The highest BCUT2D eigenvalue weighted by Crippen LogP contribution is 2.21. The first-order chi connectivity index (χ1) is 11.6. The maximum absolute atomic E-state index is 12.5. The molecule has 2 aromatic rings. The second-order valence-electron chi connectivity index (χ2n) is 5.59. The van der Waals surface area contributed by atoms with E-state index in [9.17, 15) is 14.7 Å². The summed E-state index contributed by atoms with van der Waals surface area (Å²) in [6, 6.07) is 8.08. The molecule has 0 spiro atoms. The highest BCUT2D eigenvalue weighted by Gasteiger charge is 2.24. The summed E-state index contributed by atoms with van der Waals surface area (Å²) in [6.07, 6.45) is 3.08. The van der Waals surface area contributed by atoms with Crippen molar-refractivity contribution in [2.45, 2.75) is 0 Å². The monoisotopic (exact) mass is 326 g/mol. The number of hydrogen-bond acceptors (Lipinski definition) is 5. The molecule has 1 aliphatic rings. The summed E-state index contributed by atoms with van der Waals surface area (Å²) in [5, 5.41) is 9.50. The number of benzene rings is 1. The maximum Gasteiger partial charge on any atom is 0.254 e. The number of amides is 2. The van der Waals surface area contributed by atoms with Crippen LogP contribution in [0.3, 0.4) is 0 Å². The van der Waals surface area contributed by atoms with Crippen LogP contribution in [0.4, 0.5) is 5.69 Å². The molecule has 1 aliphatic heterocycles. The molecule has 3 N–H and O–H groups in total. The first kappa shape index (κ1) is 15.8. The Balaban J connectivity index is 1.70. The highest BCUT2D eigenvalue weighted by molar-refractivity contribution is 5.98. The smallest absolute Gasteiger partial charge is 0.254 e. The molecule has 7 nitrogen and oxygen atoms in total. The fourth-order valence-electron chi connectivity index (χ4n) is 2.82. The standard InChI is InChI=1S/C17H18N4O3/c18-16(23)14-11-19-5-4-15(14)20-6-8-21(9-7-20)17(24)12-2-1-3-13(22)10-12/h1-5,10-11,22H,6-9H2,(H2,18,23). The second-order valence-corrected chi connectivity index (χ2v) is 5.59. The zero-order valence-corrected chi connectivity index (χ0v) is 13.1. The minimum absolute atomic E-state index is 0.0716. The van der Waals surface area contributed by atoms with Gasteiger partial charge in [0.15, 0.2) is 0 Å². The number of aromatic nitrogens is 1. The van der Waals surface area contributed by atoms with Gasteiger partial charge in [-0.2, -0.15) is 0 Å². The number of nitrogens with zero attached hydrogens (tertiary/aromatic N) is 3. The predicted octanol–water partition coefficient (Wildman–Crippen LogP) is 0.848. The van der Waals surface area contributed by atoms with E-state index < -0.39 is 5.91 Å². The summed E-state index contributed by atoms with van der Waals surface area (Å²) in [7, 11) is 0. The molecule has 124 valence electrons. The van der Waals surface area contributed by atoms with E-state index in [2.05, 4.69) is 4.98 Å². The second kappa shape index (κ2) is 6.57. The number of carbonyl (C=O) groups excluding carboxylic acids is 2. The van der Waals surface area contributed by atoms with Gasteiger partial charge in [-0.1, -0.05) is 6.07 Å². The molecule has 0 radical (unpaired) electrons. The molecule has 2 amide bonds. The molecule has 1 fully saturated rings. The fraction of sp³-hybridized carbons (Fsp3) is 0.235. The number of hydrogen-bond donors (Lipinski definition) is 2. The summed E-state index contributed by atoms with van der Waals surface area (Å²) >= 11 is 0. The first-order valence-corrected chi connectivity index (χ1v) is 7.63. The molecular weight excluding hydrogens is 308 g/mol. The normalized spacial score (nSPS) is 14.5. The molecule has 0 aliphatic carbocycles. The van der Waals surface area contributed by atoms with Crippen LogP contribution in [0.5, 0.6) is 5.75 Å². The lowest BCUT2D eigenvalue weighted by Gasteiger charge is -2.36. The lowest BCUT2D eigenvalue weighted by Crippen LogP contribution is -2.49. The summed E-state index contributed by atoms with van der Waals surface area (Å²) < 4.78 is 0. The Labute approximate surface area is 139 Å². The summed E-state index contributed by atoms with van der Waals surface area (Å²) in [6.45, 7) is 2.23. The van der Waals surface area contributed by atoms with Crippen LogP contribution >= 0.6 is 0 Å². The number of carbonyl (C=O) groups is 2. The van der Waals surface area contributed by atoms with Crippen molar-refractivity contribution in [1.29, 1.82) is 0 Å². The quantitative estimate of drug-likeness (QED) is 0.871. The van der Waals surface area contributed by atoms with E-state index in [0.717, 1.165) is 5.69 Å². The van der Waals surface area contributed by atoms with Crippen molar-refractivity contribution in [3.05, 3.63) is 53.9 Å². The third-order valence-electron chi connectivity index (χ3n) is 4.06. The van der Waals surface area contributed by atoms with Gasteiger partial charge in [0.05, 0.1) is 11.3 Å². The van der Waals surface area contributed by atoms with E-state index in [0.29, 0.717) is 37.3 Å². The molecule has 1 aromatic heterocycles. The van der Waals surface area contributed by atoms with E-state index in [-0.39, 0.29) is 11.7 Å². The fourth-order valence-corrected chi connectivity index (χ4v) is 2.82. The van der Waals surface area contributed by atoms with Crippen molar-refractivity contribution >= 4 is 17.5 Å². The van der Waals surface area contributed by atoms with Crippen LogP contribution in [-0.4, -0.2) is 53.0 Å². The number of piperazine rings is 1. The number of pyridine rings is 1. The third-order valence-corrected chi connectivity index (χ3v) is 4.06. The Morgan fingerprint density at radius 1 is 1.12 bits per heavy atom. The molecule has 2 heterocycles. The van der Waals surface area contributed by atoms with E-state index in [1.54, 1.807) is 29.3 Å². The minimum Gasteiger partial charge on any atom is -0.508 e. The lowest BCUT2D eigenvalue weighted by atomic mass is 10.1. The molecule has 0 saturated carbocycles. The van der Waals surface area contributed by atoms with Crippen molar-refractivity contribution in [3.63, 3.8) is 0 Å². The van der Waals surface area contributed by atoms with Gasteiger partial charge in [0.1, 0.15) is 5.75 Å². The highest BCUT2D eigenvalue weighted by atomic mass is 16.3. The number of nitrogens with two attached hydrogens (primary N) is 1. The number of anilines is 1. The molecule has 0 bridgehead atoms. The molecule has 0 unspecified atom stereocenters. The van der Waals surface area contributed by atoms with Gasteiger partial charge in [0.2, 0.25) is 0 Å². The van der Waals surface area contributed by atoms with Gasteiger partial charge >= 0.3 is 0 Å². The predicted molar refractivity (Wildman–Crippen MR) is 89.0 cm³/mol. The van der Waals surface area contributed by atoms with E-state index in [1.807, 2.05) is 4.90 Å². The Morgan fingerprint density at radius 3 is 2.54 bits per heavy atom. The first-order valence-electron chi connectivity index (χ1n) is 7.63. The number of rotatable bonds is 3. The lowest BCUT2D eigenvalue weighted by molar-refractivity contribution is 0.0745. The van der Waals surface area contributed by atoms with Crippen LogP contribution in [0.25, 0.3) is 0 Å². The topological polar surface area (TPSA) is 99.8 Å². The Kier molecular flexibility index (Phi) is 4.33. The van der Waals surface area contributed by atoms with Crippen molar-refractivity contribution in [3.8, 4) is 5.75 Å². The van der Waals surface area contributed by atoms with Gasteiger partial charge in [-0.3, -0.25) is 14.6 Å². The number of phenols is 1. The number of phenolic OH excluding ortho intramolecular Hbond substituents is 1. The van der Waals surface area contributed by atoms with Crippen molar-refractivity contribution in [2.75, 3.05) is 31.1 Å². The van der Waals surface area contributed by atoms with Crippen LogP contribution in [0, 0.1) is 0 Å². The SMILES string of the molecule is NC(=O)c1cnccc1N1CCN(C(=O)c2cccc(O)c2)CC1. The number of aromatic hydroxyl groups is 1. The van der Waals surface area contributed by atoms with Crippen molar-refractivity contribution in [1.82, 2.24) is 9.88 Å². The molecule has 24 heavy (non-hydrogen) atoms. The van der Waals surface area contributed by atoms with Crippen LogP contribution in [-0.2, 0) is 0 Å². The van der Waals surface area contributed by atoms with Gasteiger partial charge in [0.25, 0.3) is 11.8 Å². The van der Waals surface area contributed by atoms with E-state index >= 15 is 0 Å². The summed E-state index contributed by atoms with van der Waals surface area (Å²) in [5.41, 5.74) is 6.97. The Hall–Kier alpha value is -3.09. The molecule has 0 atom stereocenters. The van der Waals surface area contributed by atoms with Crippen LogP contribution in [0.2, 0.25) is 0 Å². The molecule has 1 saturated heterocycles. The minimum atomic E-state index is -0.517. The van der Waals surface area contributed by atoms with Gasteiger partial charge in [-0.25, -0.2) is 0 Å². The van der Waals surface area contributed by atoms with Crippen LogP contribution in [0.1, 0.15) is 20.7 Å². The molecule has 3 rings (SSSR count). The summed E-state index contributed by atoms with van der Waals surface area (Å²) in [4.78, 5) is 31.7. The van der Waals surface area contributed by atoms with Crippen LogP contribution in [0.15, 0.2) is 42.7 Å². The van der Waals surface area contributed by atoms with Gasteiger partial charge in [-0.05, 0) is 24.3 Å². The van der Waals surface area contributed by atoms with Crippen LogP contribution < -0.4 is 10.6 Å². The van der Waals surface area contributed by atoms with Gasteiger partial charge in [0, 0.05) is 44.1 Å². The Morgan fingerprint density at radius 2 is 1.88 bits per heavy atom. The third kappa shape index (κ3) is 3.15. The van der Waals surface area contributed by atoms with Gasteiger partial charge in [-0.15, -0.1) is 0 Å². The zero-order valence-electron chi connectivity index (χ0n) is 13.1. The zero-order chi connectivity index (χ0) is 17.1.